The summed E-state index contributed by atoms with van der Waals surface area (Å²) in [5.74, 6) is -1.88. The zero-order valence-corrected chi connectivity index (χ0v) is 19.0. The molecule has 2 aromatic rings. The molecule has 2 N–H and O–H groups in total. The van der Waals surface area contributed by atoms with Crippen molar-refractivity contribution in [2.45, 2.75) is 24.7 Å². The lowest BCUT2D eigenvalue weighted by Gasteiger charge is -2.49. The second-order valence-electron chi connectivity index (χ2n) is 8.17. The molecule has 0 aromatic heterocycles. The highest BCUT2D eigenvalue weighted by Gasteiger charge is 2.59. The van der Waals surface area contributed by atoms with E-state index in [4.69, 9.17) is 9.47 Å². The maximum Gasteiger partial charge on any atom is 0.310 e. The maximum atomic E-state index is 13.2. The fraction of sp³-hybridized carbons (Fsp3) is 0.462. The van der Waals surface area contributed by atoms with Gasteiger partial charge in [-0.3, -0.25) is 9.59 Å². The van der Waals surface area contributed by atoms with Gasteiger partial charge < -0.3 is 20.1 Å². The Hall–Kier alpha value is -2.70. The van der Waals surface area contributed by atoms with E-state index < -0.39 is 11.8 Å². The monoisotopic (exact) mass is 438 g/mol. The van der Waals surface area contributed by atoms with Crippen LogP contribution in [0.25, 0.3) is 0 Å². The summed E-state index contributed by atoms with van der Waals surface area (Å²) >= 11 is 0. The van der Waals surface area contributed by atoms with Crippen molar-refractivity contribution < 1.29 is 19.1 Å². The summed E-state index contributed by atoms with van der Waals surface area (Å²) < 4.78 is 11.3. The Morgan fingerprint density at radius 2 is 1.06 bits per heavy atom. The molecule has 0 heterocycles. The molecule has 6 heteroatoms. The van der Waals surface area contributed by atoms with Gasteiger partial charge in [0.2, 0.25) is 0 Å². The summed E-state index contributed by atoms with van der Waals surface area (Å²) in [5, 5.41) is 6.12. The molecule has 0 spiro atoms. The summed E-state index contributed by atoms with van der Waals surface area (Å²) in [6, 6.07) is 19.6. The quantitative estimate of drug-likeness (QED) is 0.392. The van der Waals surface area contributed by atoms with Crippen molar-refractivity contribution >= 4 is 11.9 Å². The minimum Gasteiger partial charge on any atom is -0.465 e. The summed E-state index contributed by atoms with van der Waals surface area (Å²) in [4.78, 5) is 26.4. The molecule has 172 valence electrons. The topological polar surface area (TPSA) is 76.7 Å². The van der Waals surface area contributed by atoms with Gasteiger partial charge in [0.05, 0.1) is 25.0 Å². The Bertz CT molecular complexity index is 764. The summed E-state index contributed by atoms with van der Waals surface area (Å²) in [5.41, 5.74) is 1.93. The number of carbonyl (C=O) groups excluding carboxylic acids is 2. The van der Waals surface area contributed by atoms with Gasteiger partial charge in [-0.2, -0.15) is 0 Å². The van der Waals surface area contributed by atoms with Crippen molar-refractivity contribution in [3.63, 3.8) is 0 Å². The van der Waals surface area contributed by atoms with Crippen molar-refractivity contribution in [1.29, 1.82) is 0 Å². The van der Waals surface area contributed by atoms with Crippen LogP contribution in [-0.4, -0.2) is 52.3 Å². The van der Waals surface area contributed by atoms with Crippen LogP contribution in [0.15, 0.2) is 60.7 Å². The SMILES string of the molecule is CNCCCOC(=O)C1C(c2ccccc2)C(C(=O)OCCCNC)C1c1ccccc1. The second-order valence-corrected chi connectivity index (χ2v) is 8.17. The van der Waals surface area contributed by atoms with E-state index >= 15 is 0 Å². The lowest BCUT2D eigenvalue weighted by atomic mass is 9.52. The zero-order chi connectivity index (χ0) is 22.8. The zero-order valence-electron chi connectivity index (χ0n) is 19.0. The van der Waals surface area contributed by atoms with Crippen LogP contribution >= 0.6 is 0 Å². The largest absolute Gasteiger partial charge is 0.465 e. The van der Waals surface area contributed by atoms with E-state index in [9.17, 15) is 9.59 Å². The van der Waals surface area contributed by atoms with E-state index in [1.165, 1.54) is 0 Å². The molecule has 0 unspecified atom stereocenters. The second kappa shape index (κ2) is 12.4. The third-order valence-electron chi connectivity index (χ3n) is 6.09. The van der Waals surface area contributed by atoms with Gasteiger partial charge in [-0.05, 0) is 51.2 Å². The van der Waals surface area contributed by atoms with Gasteiger partial charge in [-0.15, -0.1) is 0 Å². The Kier molecular flexibility index (Phi) is 9.26. The van der Waals surface area contributed by atoms with Crippen LogP contribution in [0, 0.1) is 11.8 Å². The Morgan fingerprint density at radius 1 is 0.688 bits per heavy atom. The first-order valence-electron chi connectivity index (χ1n) is 11.4. The van der Waals surface area contributed by atoms with Gasteiger partial charge in [0.25, 0.3) is 0 Å². The molecule has 1 aliphatic rings. The molecule has 0 saturated heterocycles. The van der Waals surface area contributed by atoms with Gasteiger partial charge >= 0.3 is 11.9 Å². The molecule has 0 aliphatic heterocycles. The molecule has 6 nitrogen and oxygen atoms in total. The third kappa shape index (κ3) is 5.75. The first-order chi connectivity index (χ1) is 15.7. The first-order valence-corrected chi connectivity index (χ1v) is 11.4. The Balaban J connectivity index is 1.87. The molecule has 2 aromatic carbocycles. The number of ether oxygens (including phenoxy) is 2. The minimum absolute atomic E-state index is 0.247. The molecule has 0 radical (unpaired) electrons. The summed E-state index contributed by atoms with van der Waals surface area (Å²) in [6.07, 6.45) is 1.50. The molecule has 1 saturated carbocycles. The average molecular weight is 439 g/mol. The highest BCUT2D eigenvalue weighted by atomic mass is 16.5. The van der Waals surface area contributed by atoms with Crippen LogP contribution in [0.4, 0.5) is 0 Å². The lowest BCUT2D eigenvalue weighted by Crippen LogP contribution is -2.52. The van der Waals surface area contributed by atoms with Gasteiger partial charge in [0.1, 0.15) is 0 Å². The van der Waals surface area contributed by atoms with E-state index in [-0.39, 0.29) is 23.8 Å². The molecule has 1 aliphatic carbocycles. The molecular formula is C26H34N2O4. The minimum atomic E-state index is -0.427. The van der Waals surface area contributed by atoms with Crippen molar-refractivity contribution in [3.05, 3.63) is 71.8 Å². The van der Waals surface area contributed by atoms with Crippen molar-refractivity contribution in [2.24, 2.45) is 11.8 Å². The smallest absolute Gasteiger partial charge is 0.310 e. The van der Waals surface area contributed by atoms with E-state index in [2.05, 4.69) is 10.6 Å². The van der Waals surface area contributed by atoms with E-state index in [1.54, 1.807) is 0 Å². The van der Waals surface area contributed by atoms with Crippen LogP contribution in [0.1, 0.15) is 35.8 Å². The first kappa shape index (κ1) is 24.0. The number of nitrogens with one attached hydrogen (secondary N) is 2. The third-order valence-corrected chi connectivity index (χ3v) is 6.09. The van der Waals surface area contributed by atoms with Crippen LogP contribution in [0.3, 0.4) is 0 Å². The normalized spacial score (nSPS) is 22.1. The molecule has 3 rings (SSSR count). The number of benzene rings is 2. The molecular weight excluding hydrogens is 404 g/mol. The number of esters is 2. The lowest BCUT2D eigenvalue weighted by molar-refractivity contribution is -0.167. The maximum absolute atomic E-state index is 13.2. The molecule has 0 atom stereocenters. The van der Waals surface area contributed by atoms with Crippen LogP contribution in [0.5, 0.6) is 0 Å². The van der Waals surface area contributed by atoms with Gasteiger partial charge in [0, 0.05) is 11.8 Å². The summed E-state index contributed by atoms with van der Waals surface area (Å²) in [6.45, 7) is 2.28. The fourth-order valence-electron chi connectivity index (χ4n) is 4.55. The van der Waals surface area contributed by atoms with Crippen LogP contribution in [-0.2, 0) is 19.1 Å². The highest BCUT2D eigenvalue weighted by molar-refractivity contribution is 5.85. The molecule has 1 fully saturated rings. The van der Waals surface area contributed by atoms with E-state index in [0.717, 1.165) is 37.1 Å². The van der Waals surface area contributed by atoms with Crippen LogP contribution < -0.4 is 10.6 Å². The predicted molar refractivity (Wildman–Crippen MR) is 124 cm³/mol. The summed E-state index contributed by atoms with van der Waals surface area (Å²) in [7, 11) is 3.74. The predicted octanol–water partition coefficient (Wildman–Crippen LogP) is 3.11. The van der Waals surface area contributed by atoms with Crippen LogP contribution in [0.2, 0.25) is 0 Å². The highest BCUT2D eigenvalue weighted by Crippen LogP contribution is 2.58. The van der Waals surface area contributed by atoms with Crippen molar-refractivity contribution in [3.8, 4) is 0 Å². The number of rotatable bonds is 12. The van der Waals surface area contributed by atoms with E-state index in [0.29, 0.717) is 13.2 Å². The average Bonchev–Trinajstić information content (AvgIpc) is 2.80. The molecule has 0 bridgehead atoms. The van der Waals surface area contributed by atoms with Crippen molar-refractivity contribution in [1.82, 2.24) is 10.6 Å². The standard InChI is InChI=1S/C26H34N2O4/c1-27-15-9-17-31-25(29)23-21(19-11-5-3-6-12-19)24(26(30)32-18-10-16-28-2)22(23)20-13-7-4-8-14-20/h3-8,11-14,21-24,27-28H,9-10,15-18H2,1-2H3. The number of hydrogen-bond acceptors (Lipinski definition) is 6. The number of hydrogen-bond donors (Lipinski definition) is 2. The Morgan fingerprint density at radius 3 is 1.41 bits per heavy atom. The Labute approximate surface area is 190 Å². The van der Waals surface area contributed by atoms with Gasteiger partial charge in [0.15, 0.2) is 0 Å². The number of carbonyl (C=O) groups is 2. The van der Waals surface area contributed by atoms with Gasteiger partial charge in [-0.1, -0.05) is 60.7 Å². The molecule has 0 amide bonds. The van der Waals surface area contributed by atoms with Crippen molar-refractivity contribution in [2.75, 3.05) is 40.4 Å². The van der Waals surface area contributed by atoms with Gasteiger partial charge in [-0.25, -0.2) is 0 Å². The molecule has 32 heavy (non-hydrogen) atoms. The fourth-order valence-corrected chi connectivity index (χ4v) is 4.55. The van der Waals surface area contributed by atoms with E-state index in [1.807, 2.05) is 74.8 Å².